The van der Waals surface area contributed by atoms with Crippen molar-refractivity contribution in [2.24, 2.45) is 0 Å². The first-order valence-corrected chi connectivity index (χ1v) is 5.28. The molecule has 0 aliphatic carbocycles. The zero-order valence-electron chi connectivity index (χ0n) is 9.59. The van der Waals surface area contributed by atoms with Crippen LogP contribution in [-0.2, 0) is 16.1 Å². The monoisotopic (exact) mass is 234 g/mol. The number of nitrogens with two attached hydrogens (primary N) is 1. The second-order valence-corrected chi connectivity index (χ2v) is 4.08. The van der Waals surface area contributed by atoms with Gasteiger partial charge in [-0.3, -0.25) is 14.6 Å². The first-order chi connectivity index (χ1) is 8.06. The van der Waals surface area contributed by atoms with Crippen LogP contribution in [0.25, 0.3) is 0 Å². The van der Waals surface area contributed by atoms with Gasteiger partial charge >= 0.3 is 0 Å². The normalized spacial score (nSPS) is 16.5. The number of amides is 2. The van der Waals surface area contributed by atoms with Crippen LogP contribution < -0.4 is 5.73 Å². The quantitative estimate of drug-likeness (QED) is 0.745. The van der Waals surface area contributed by atoms with Crippen LogP contribution in [-0.4, -0.2) is 46.7 Å². The van der Waals surface area contributed by atoms with E-state index in [0.717, 1.165) is 0 Å². The predicted octanol–water partition coefficient (Wildman–Crippen LogP) is -0.536. The molecular weight excluding hydrogens is 220 g/mol. The first-order valence-electron chi connectivity index (χ1n) is 5.28. The number of anilines is 1. The Morgan fingerprint density at radius 2 is 2.12 bits per heavy atom. The van der Waals surface area contributed by atoms with Gasteiger partial charge in [0.2, 0.25) is 11.8 Å². The number of likely N-dealkylation sites (N-methyl/N-ethyl adjacent to an activating group) is 1. The van der Waals surface area contributed by atoms with Crippen molar-refractivity contribution in [1.29, 1.82) is 0 Å². The van der Waals surface area contributed by atoms with Crippen LogP contribution in [0.2, 0.25) is 0 Å². The number of rotatable bonds is 2. The zero-order valence-corrected chi connectivity index (χ0v) is 9.59. The van der Waals surface area contributed by atoms with E-state index < -0.39 is 0 Å². The Labute approximate surface area is 99.0 Å². The van der Waals surface area contributed by atoms with Gasteiger partial charge in [0.15, 0.2) is 0 Å². The van der Waals surface area contributed by atoms with Gasteiger partial charge in [0.05, 0.1) is 18.8 Å². The van der Waals surface area contributed by atoms with Crippen LogP contribution in [0.5, 0.6) is 0 Å². The van der Waals surface area contributed by atoms with E-state index in [-0.39, 0.29) is 24.9 Å². The molecule has 0 saturated carbocycles. The van der Waals surface area contributed by atoms with Gasteiger partial charge in [0.25, 0.3) is 0 Å². The molecule has 1 aromatic heterocycles. The van der Waals surface area contributed by atoms with E-state index in [2.05, 4.69) is 4.98 Å². The summed E-state index contributed by atoms with van der Waals surface area (Å²) in [4.78, 5) is 30.2. The Balaban J connectivity index is 2.08. The van der Waals surface area contributed by atoms with Gasteiger partial charge in [-0.05, 0) is 12.1 Å². The van der Waals surface area contributed by atoms with Crippen LogP contribution in [0.4, 0.5) is 5.69 Å². The minimum Gasteiger partial charge on any atom is -0.399 e. The molecule has 1 aliphatic rings. The largest absolute Gasteiger partial charge is 0.399 e. The molecule has 2 amide bonds. The van der Waals surface area contributed by atoms with E-state index in [1.54, 1.807) is 25.4 Å². The predicted molar refractivity (Wildman–Crippen MR) is 61.7 cm³/mol. The Kier molecular flexibility index (Phi) is 2.95. The van der Waals surface area contributed by atoms with E-state index in [1.165, 1.54) is 9.80 Å². The van der Waals surface area contributed by atoms with Gasteiger partial charge in [-0.1, -0.05) is 0 Å². The van der Waals surface area contributed by atoms with Crippen LogP contribution in [0.15, 0.2) is 18.3 Å². The van der Waals surface area contributed by atoms with Crippen molar-refractivity contribution in [1.82, 2.24) is 14.8 Å². The molecule has 1 saturated heterocycles. The van der Waals surface area contributed by atoms with Crippen molar-refractivity contribution in [3.05, 3.63) is 24.0 Å². The Hall–Kier alpha value is -2.11. The van der Waals surface area contributed by atoms with E-state index in [1.807, 2.05) is 0 Å². The van der Waals surface area contributed by atoms with Crippen molar-refractivity contribution in [3.8, 4) is 0 Å². The Morgan fingerprint density at radius 1 is 1.35 bits per heavy atom. The van der Waals surface area contributed by atoms with Gasteiger partial charge < -0.3 is 15.5 Å². The number of piperazine rings is 1. The average Bonchev–Trinajstić information content (AvgIpc) is 2.26. The summed E-state index contributed by atoms with van der Waals surface area (Å²) in [5.74, 6) is -0.134. The highest BCUT2D eigenvalue weighted by atomic mass is 16.2. The number of hydrogen-bond donors (Lipinski definition) is 1. The fourth-order valence-corrected chi connectivity index (χ4v) is 1.69. The molecule has 1 fully saturated rings. The molecule has 0 unspecified atom stereocenters. The van der Waals surface area contributed by atoms with Crippen LogP contribution >= 0.6 is 0 Å². The molecule has 0 atom stereocenters. The summed E-state index contributed by atoms with van der Waals surface area (Å²) in [5, 5.41) is 0. The molecule has 0 radical (unpaired) electrons. The van der Waals surface area contributed by atoms with E-state index in [4.69, 9.17) is 5.73 Å². The number of carbonyl (C=O) groups excluding carboxylic acids is 2. The van der Waals surface area contributed by atoms with Crippen LogP contribution in [0.3, 0.4) is 0 Å². The van der Waals surface area contributed by atoms with Crippen molar-refractivity contribution >= 4 is 17.5 Å². The SMILES string of the molecule is CN1CC(=O)N(Cc2cc(N)ccn2)CC1=O. The smallest absolute Gasteiger partial charge is 0.243 e. The number of hydrogen-bond acceptors (Lipinski definition) is 4. The second kappa shape index (κ2) is 4.40. The van der Waals surface area contributed by atoms with Gasteiger partial charge in [-0.2, -0.15) is 0 Å². The second-order valence-electron chi connectivity index (χ2n) is 4.08. The minimum absolute atomic E-state index is 0.0616. The van der Waals surface area contributed by atoms with Crippen molar-refractivity contribution < 1.29 is 9.59 Å². The van der Waals surface area contributed by atoms with Gasteiger partial charge in [-0.25, -0.2) is 0 Å². The summed E-state index contributed by atoms with van der Waals surface area (Å²) in [6.07, 6.45) is 1.59. The molecule has 6 nitrogen and oxygen atoms in total. The summed E-state index contributed by atoms with van der Waals surface area (Å²) in [5.41, 5.74) is 6.92. The van der Waals surface area contributed by atoms with Gasteiger partial charge in [-0.15, -0.1) is 0 Å². The molecule has 2 heterocycles. The number of pyridine rings is 1. The van der Waals surface area contributed by atoms with Crippen molar-refractivity contribution in [2.75, 3.05) is 25.9 Å². The Bertz CT molecular complexity index is 461. The standard InChI is InChI=1S/C11H14N4O2/c1-14-6-11(17)15(7-10(14)16)5-9-4-8(12)2-3-13-9/h2-4H,5-7H2,1H3,(H2,12,13). The number of carbonyl (C=O) groups is 2. The summed E-state index contributed by atoms with van der Waals surface area (Å²) >= 11 is 0. The number of nitrogens with zero attached hydrogens (tertiary/aromatic N) is 3. The topological polar surface area (TPSA) is 79.5 Å². The number of aromatic nitrogens is 1. The Morgan fingerprint density at radius 3 is 2.82 bits per heavy atom. The highest BCUT2D eigenvalue weighted by Crippen LogP contribution is 2.10. The van der Waals surface area contributed by atoms with E-state index in [9.17, 15) is 9.59 Å². The molecular formula is C11H14N4O2. The zero-order chi connectivity index (χ0) is 12.4. The molecule has 90 valence electrons. The van der Waals surface area contributed by atoms with Gasteiger partial charge in [0, 0.05) is 18.9 Å². The molecule has 0 spiro atoms. The molecule has 0 aromatic carbocycles. The van der Waals surface area contributed by atoms with Gasteiger partial charge in [0.1, 0.15) is 6.54 Å². The lowest BCUT2D eigenvalue weighted by Crippen LogP contribution is -2.51. The maximum absolute atomic E-state index is 11.7. The molecule has 2 N–H and O–H groups in total. The fourth-order valence-electron chi connectivity index (χ4n) is 1.69. The lowest BCUT2D eigenvalue weighted by Gasteiger charge is -2.31. The van der Waals surface area contributed by atoms with Crippen LogP contribution in [0.1, 0.15) is 5.69 Å². The first kappa shape index (κ1) is 11.4. The lowest BCUT2D eigenvalue weighted by molar-refractivity contribution is -0.149. The summed E-state index contributed by atoms with van der Waals surface area (Å²) in [6, 6.07) is 3.39. The van der Waals surface area contributed by atoms with Crippen molar-refractivity contribution in [3.63, 3.8) is 0 Å². The molecule has 0 bridgehead atoms. The third kappa shape index (κ3) is 2.52. The molecule has 1 aliphatic heterocycles. The molecule has 2 rings (SSSR count). The van der Waals surface area contributed by atoms with E-state index >= 15 is 0 Å². The summed E-state index contributed by atoms with van der Waals surface area (Å²) in [6.45, 7) is 0.552. The number of nitrogen functional groups attached to an aromatic ring is 1. The third-order valence-electron chi connectivity index (χ3n) is 2.67. The highest BCUT2D eigenvalue weighted by molar-refractivity contribution is 5.92. The van der Waals surface area contributed by atoms with Crippen LogP contribution in [0, 0.1) is 0 Å². The average molecular weight is 234 g/mol. The summed E-state index contributed by atoms with van der Waals surface area (Å²) in [7, 11) is 1.62. The molecule has 17 heavy (non-hydrogen) atoms. The maximum Gasteiger partial charge on any atom is 0.243 e. The fraction of sp³-hybridized carbons (Fsp3) is 0.364. The molecule has 6 heteroatoms. The third-order valence-corrected chi connectivity index (χ3v) is 2.67. The minimum atomic E-state index is -0.0728. The molecule has 1 aromatic rings. The lowest BCUT2D eigenvalue weighted by atomic mass is 10.2. The summed E-state index contributed by atoms with van der Waals surface area (Å²) < 4.78 is 0. The highest BCUT2D eigenvalue weighted by Gasteiger charge is 2.27. The maximum atomic E-state index is 11.7. The van der Waals surface area contributed by atoms with E-state index in [0.29, 0.717) is 17.9 Å². The van der Waals surface area contributed by atoms with Crippen molar-refractivity contribution in [2.45, 2.75) is 6.54 Å².